The maximum absolute atomic E-state index is 5.64. The van der Waals surface area contributed by atoms with Crippen LogP contribution in [0.5, 0.6) is 0 Å². The Morgan fingerprint density at radius 3 is 2.78 bits per heavy atom. The zero-order chi connectivity index (χ0) is 12.4. The molecule has 6 heteroatoms. The van der Waals surface area contributed by atoms with Gasteiger partial charge in [0.15, 0.2) is 0 Å². The van der Waals surface area contributed by atoms with E-state index in [9.17, 15) is 0 Å². The molecule has 2 aliphatic heterocycles. The lowest BCUT2D eigenvalue weighted by Gasteiger charge is -2.28. The minimum Gasteiger partial charge on any atom is -0.368 e. The van der Waals surface area contributed by atoms with Crippen molar-refractivity contribution in [1.82, 2.24) is 19.9 Å². The SMILES string of the molecule is Nc1ncnc(N2CCCC2CN2CCCC2)n1. The van der Waals surface area contributed by atoms with Gasteiger partial charge in [-0.15, -0.1) is 0 Å². The summed E-state index contributed by atoms with van der Waals surface area (Å²) in [5, 5.41) is 0. The van der Waals surface area contributed by atoms with Crippen LogP contribution in [-0.2, 0) is 0 Å². The predicted octanol–water partition coefficient (Wildman–Crippen LogP) is 0.518. The van der Waals surface area contributed by atoms with E-state index in [0.717, 1.165) is 19.0 Å². The molecule has 98 valence electrons. The number of rotatable bonds is 3. The summed E-state index contributed by atoms with van der Waals surface area (Å²) >= 11 is 0. The van der Waals surface area contributed by atoms with Gasteiger partial charge < -0.3 is 15.5 Å². The maximum atomic E-state index is 5.64. The molecule has 6 nitrogen and oxygen atoms in total. The molecule has 1 aromatic heterocycles. The highest BCUT2D eigenvalue weighted by Crippen LogP contribution is 2.24. The fraction of sp³-hybridized carbons (Fsp3) is 0.750. The molecule has 0 aromatic carbocycles. The van der Waals surface area contributed by atoms with Gasteiger partial charge in [0.1, 0.15) is 6.33 Å². The van der Waals surface area contributed by atoms with Crippen molar-refractivity contribution in [3.8, 4) is 0 Å². The monoisotopic (exact) mass is 248 g/mol. The summed E-state index contributed by atoms with van der Waals surface area (Å²) in [5.41, 5.74) is 5.64. The van der Waals surface area contributed by atoms with Crippen LogP contribution >= 0.6 is 0 Å². The summed E-state index contributed by atoms with van der Waals surface area (Å²) in [6.07, 6.45) is 6.62. The van der Waals surface area contributed by atoms with Gasteiger partial charge in [0, 0.05) is 19.1 Å². The third-order valence-corrected chi connectivity index (χ3v) is 3.88. The van der Waals surface area contributed by atoms with E-state index < -0.39 is 0 Å². The first kappa shape index (κ1) is 11.6. The Hall–Kier alpha value is -1.43. The number of likely N-dealkylation sites (tertiary alicyclic amines) is 1. The van der Waals surface area contributed by atoms with Crippen LogP contribution in [0, 0.1) is 0 Å². The molecule has 1 atom stereocenters. The van der Waals surface area contributed by atoms with Crippen molar-refractivity contribution >= 4 is 11.9 Å². The average Bonchev–Trinajstić information content (AvgIpc) is 3.01. The summed E-state index contributed by atoms with van der Waals surface area (Å²) in [4.78, 5) is 17.2. The van der Waals surface area contributed by atoms with Crippen LogP contribution in [-0.4, -0.2) is 52.1 Å². The Bertz CT molecular complexity index is 403. The van der Waals surface area contributed by atoms with Crippen LogP contribution in [0.15, 0.2) is 6.33 Å². The number of hydrogen-bond donors (Lipinski definition) is 1. The number of anilines is 2. The van der Waals surface area contributed by atoms with Gasteiger partial charge in [-0.1, -0.05) is 0 Å². The summed E-state index contributed by atoms with van der Waals surface area (Å²) in [5.74, 6) is 1.05. The molecular weight excluding hydrogens is 228 g/mol. The second-order valence-corrected chi connectivity index (χ2v) is 5.14. The van der Waals surface area contributed by atoms with E-state index in [1.807, 2.05) is 0 Å². The van der Waals surface area contributed by atoms with Gasteiger partial charge in [-0.2, -0.15) is 4.98 Å². The Morgan fingerprint density at radius 1 is 1.17 bits per heavy atom. The molecule has 0 bridgehead atoms. The lowest BCUT2D eigenvalue weighted by molar-refractivity contribution is 0.313. The second-order valence-electron chi connectivity index (χ2n) is 5.14. The van der Waals surface area contributed by atoms with Crippen molar-refractivity contribution in [2.24, 2.45) is 0 Å². The number of aromatic nitrogens is 3. The van der Waals surface area contributed by atoms with Crippen molar-refractivity contribution in [2.45, 2.75) is 31.7 Å². The third kappa shape index (κ3) is 2.38. The van der Waals surface area contributed by atoms with E-state index in [2.05, 4.69) is 24.8 Å². The van der Waals surface area contributed by atoms with Crippen LogP contribution in [0.1, 0.15) is 25.7 Å². The lowest BCUT2D eigenvalue weighted by Crippen LogP contribution is -2.40. The molecule has 3 rings (SSSR count). The number of nitrogens with zero attached hydrogens (tertiary/aromatic N) is 5. The Kier molecular flexibility index (Phi) is 3.27. The summed E-state index contributed by atoms with van der Waals surface area (Å²) in [6, 6.07) is 0.532. The Labute approximate surface area is 107 Å². The molecule has 0 amide bonds. The molecule has 2 N–H and O–H groups in total. The van der Waals surface area contributed by atoms with Gasteiger partial charge >= 0.3 is 0 Å². The van der Waals surface area contributed by atoms with Crippen molar-refractivity contribution in [3.05, 3.63) is 6.33 Å². The molecule has 0 aliphatic carbocycles. The molecule has 2 aliphatic rings. The van der Waals surface area contributed by atoms with Gasteiger partial charge in [0.25, 0.3) is 0 Å². The van der Waals surface area contributed by atoms with E-state index >= 15 is 0 Å². The molecule has 0 spiro atoms. The van der Waals surface area contributed by atoms with Gasteiger partial charge in [-0.25, -0.2) is 9.97 Å². The fourth-order valence-electron chi connectivity index (χ4n) is 2.99. The number of nitrogen functional groups attached to an aromatic ring is 1. The molecular formula is C12H20N6. The fourth-order valence-corrected chi connectivity index (χ4v) is 2.99. The van der Waals surface area contributed by atoms with Crippen molar-refractivity contribution in [3.63, 3.8) is 0 Å². The minimum atomic E-state index is 0.312. The van der Waals surface area contributed by atoms with E-state index in [0.29, 0.717) is 12.0 Å². The first-order chi connectivity index (χ1) is 8.83. The molecule has 2 fully saturated rings. The molecule has 2 saturated heterocycles. The predicted molar refractivity (Wildman–Crippen MR) is 70.3 cm³/mol. The highest BCUT2D eigenvalue weighted by Gasteiger charge is 2.29. The smallest absolute Gasteiger partial charge is 0.230 e. The normalized spacial score (nSPS) is 24.9. The quantitative estimate of drug-likeness (QED) is 0.841. The average molecular weight is 248 g/mol. The van der Waals surface area contributed by atoms with Crippen molar-refractivity contribution < 1.29 is 0 Å². The Balaban J connectivity index is 1.70. The van der Waals surface area contributed by atoms with Crippen molar-refractivity contribution in [2.75, 3.05) is 36.8 Å². The summed E-state index contributed by atoms with van der Waals surface area (Å²) in [7, 11) is 0. The molecule has 0 radical (unpaired) electrons. The van der Waals surface area contributed by atoms with Gasteiger partial charge in [-0.3, -0.25) is 0 Å². The number of hydrogen-bond acceptors (Lipinski definition) is 6. The first-order valence-electron chi connectivity index (χ1n) is 6.76. The second kappa shape index (κ2) is 5.06. The van der Waals surface area contributed by atoms with Crippen LogP contribution in [0.3, 0.4) is 0 Å². The Morgan fingerprint density at radius 2 is 2.00 bits per heavy atom. The van der Waals surface area contributed by atoms with Gasteiger partial charge in [0.2, 0.25) is 11.9 Å². The summed E-state index contributed by atoms with van der Waals surface area (Å²) < 4.78 is 0. The number of nitrogens with two attached hydrogens (primary N) is 1. The van der Waals surface area contributed by atoms with Crippen LogP contribution in [0.4, 0.5) is 11.9 Å². The molecule has 18 heavy (non-hydrogen) atoms. The molecule has 1 unspecified atom stereocenters. The van der Waals surface area contributed by atoms with E-state index in [1.165, 1.54) is 45.1 Å². The molecule has 1 aromatic rings. The van der Waals surface area contributed by atoms with E-state index in [-0.39, 0.29) is 0 Å². The first-order valence-corrected chi connectivity index (χ1v) is 6.76. The highest BCUT2D eigenvalue weighted by molar-refractivity contribution is 5.36. The largest absolute Gasteiger partial charge is 0.368 e. The van der Waals surface area contributed by atoms with Crippen LogP contribution in [0.2, 0.25) is 0 Å². The lowest BCUT2D eigenvalue weighted by atomic mass is 10.2. The maximum Gasteiger partial charge on any atom is 0.230 e. The summed E-state index contributed by atoms with van der Waals surface area (Å²) in [6.45, 7) is 4.64. The van der Waals surface area contributed by atoms with Gasteiger partial charge in [-0.05, 0) is 38.8 Å². The van der Waals surface area contributed by atoms with E-state index in [1.54, 1.807) is 0 Å². The zero-order valence-electron chi connectivity index (χ0n) is 10.6. The van der Waals surface area contributed by atoms with E-state index in [4.69, 9.17) is 5.73 Å². The molecule has 0 saturated carbocycles. The highest BCUT2D eigenvalue weighted by atomic mass is 15.3. The third-order valence-electron chi connectivity index (χ3n) is 3.88. The van der Waals surface area contributed by atoms with Gasteiger partial charge in [0.05, 0.1) is 0 Å². The topological polar surface area (TPSA) is 71.2 Å². The van der Waals surface area contributed by atoms with Crippen LogP contribution < -0.4 is 10.6 Å². The zero-order valence-corrected chi connectivity index (χ0v) is 10.6. The standard InChI is InChI=1S/C12H20N6/c13-11-14-9-15-12(16-11)18-7-3-4-10(18)8-17-5-1-2-6-17/h9-10H,1-8H2,(H2,13,14,15,16). The molecule has 3 heterocycles. The van der Waals surface area contributed by atoms with Crippen LogP contribution in [0.25, 0.3) is 0 Å². The minimum absolute atomic E-state index is 0.312. The van der Waals surface area contributed by atoms with Crippen molar-refractivity contribution in [1.29, 1.82) is 0 Å².